The van der Waals surface area contributed by atoms with Crippen LogP contribution in [-0.2, 0) is 4.74 Å². The first-order valence-corrected chi connectivity index (χ1v) is 7.02. The van der Waals surface area contributed by atoms with Gasteiger partial charge in [-0.05, 0) is 46.2 Å². The number of rotatable bonds is 2. The van der Waals surface area contributed by atoms with Gasteiger partial charge in [0.1, 0.15) is 0 Å². The lowest BCUT2D eigenvalue weighted by molar-refractivity contribution is -0.0698. The first kappa shape index (κ1) is 12.1. The lowest BCUT2D eigenvalue weighted by atomic mass is 9.95. The summed E-state index contributed by atoms with van der Waals surface area (Å²) in [4.78, 5) is 2.36. The Morgan fingerprint density at radius 1 is 1.27 bits per heavy atom. The van der Waals surface area contributed by atoms with Gasteiger partial charge in [-0.2, -0.15) is 0 Å². The molecule has 1 saturated carbocycles. The molecule has 15 heavy (non-hydrogen) atoms. The van der Waals surface area contributed by atoms with Crippen molar-refractivity contribution >= 4 is 22.6 Å². The van der Waals surface area contributed by atoms with Gasteiger partial charge in [0.15, 0.2) is 0 Å². The Bertz CT molecular complexity index is 246. The van der Waals surface area contributed by atoms with Crippen LogP contribution in [0.5, 0.6) is 0 Å². The van der Waals surface area contributed by atoms with Crippen LogP contribution in [0.4, 0.5) is 0 Å². The number of hydrogen-bond donors (Lipinski definition) is 0. The molecule has 0 spiro atoms. The molecular formula is C12H22INO. The Balaban J connectivity index is 2.01. The van der Waals surface area contributed by atoms with Crippen LogP contribution >= 0.6 is 22.6 Å². The molecule has 2 aliphatic rings. The van der Waals surface area contributed by atoms with Gasteiger partial charge in [-0.3, -0.25) is 0 Å². The molecule has 0 aromatic heterocycles. The normalized spacial score (nSPS) is 50.8. The number of nitrogens with zero attached hydrogens (tertiary/aromatic N) is 1. The second-order valence-electron chi connectivity index (χ2n) is 5.56. The predicted octanol–water partition coefficient (Wildman–Crippen LogP) is 2.70. The molecule has 2 fully saturated rings. The third-order valence-corrected chi connectivity index (χ3v) is 6.23. The molecule has 5 atom stereocenters. The molecule has 0 aromatic rings. The summed E-state index contributed by atoms with van der Waals surface area (Å²) in [5.74, 6) is 0.844. The molecule has 0 aromatic carbocycles. The van der Waals surface area contributed by atoms with Crippen LogP contribution in [-0.4, -0.2) is 40.7 Å². The van der Waals surface area contributed by atoms with Crippen molar-refractivity contribution in [3.05, 3.63) is 0 Å². The monoisotopic (exact) mass is 323 g/mol. The largest absolute Gasteiger partial charge is 0.374 e. The van der Waals surface area contributed by atoms with Gasteiger partial charge in [0.05, 0.1) is 15.6 Å². The Morgan fingerprint density at radius 2 is 1.87 bits per heavy atom. The maximum absolute atomic E-state index is 6.13. The minimum Gasteiger partial charge on any atom is -0.374 e. The minimum atomic E-state index is 0.426. The number of ether oxygens (including phenoxy) is 1. The molecule has 2 rings (SSSR count). The van der Waals surface area contributed by atoms with E-state index in [0.29, 0.717) is 21.7 Å². The first-order valence-electron chi connectivity index (χ1n) is 5.94. The Hall–Kier alpha value is 0.650. The Morgan fingerprint density at radius 3 is 2.33 bits per heavy atom. The van der Waals surface area contributed by atoms with Gasteiger partial charge in [0, 0.05) is 6.04 Å². The zero-order chi connectivity index (χ0) is 11.2. The second kappa shape index (κ2) is 4.15. The molecule has 1 saturated heterocycles. The molecule has 88 valence electrons. The van der Waals surface area contributed by atoms with Gasteiger partial charge >= 0.3 is 0 Å². The van der Waals surface area contributed by atoms with E-state index < -0.39 is 0 Å². The molecule has 0 bridgehead atoms. The number of halogens is 1. The fourth-order valence-corrected chi connectivity index (χ4v) is 3.77. The van der Waals surface area contributed by atoms with E-state index in [9.17, 15) is 0 Å². The van der Waals surface area contributed by atoms with Gasteiger partial charge < -0.3 is 9.64 Å². The fourth-order valence-electron chi connectivity index (χ4n) is 2.71. The van der Waals surface area contributed by atoms with E-state index in [2.05, 4.69) is 55.4 Å². The number of alkyl halides is 1. The SMILES string of the molecule is CC1CC1(I)[C@H]1C[C@@H](N(C)C)C[C@@H](C)O1. The maximum atomic E-state index is 6.13. The predicted molar refractivity (Wildman–Crippen MR) is 71.6 cm³/mol. The van der Waals surface area contributed by atoms with Crippen molar-refractivity contribution < 1.29 is 4.74 Å². The lowest BCUT2D eigenvalue weighted by Crippen LogP contribution is -2.45. The van der Waals surface area contributed by atoms with Crippen LogP contribution in [0.1, 0.15) is 33.1 Å². The van der Waals surface area contributed by atoms with E-state index >= 15 is 0 Å². The minimum absolute atomic E-state index is 0.426. The third-order valence-electron chi connectivity index (χ3n) is 4.03. The summed E-state index contributed by atoms with van der Waals surface area (Å²) in [6, 6.07) is 0.707. The van der Waals surface area contributed by atoms with Gasteiger partial charge in [-0.1, -0.05) is 29.5 Å². The molecule has 1 aliphatic carbocycles. The van der Waals surface area contributed by atoms with Gasteiger partial charge in [0.2, 0.25) is 0 Å². The summed E-state index contributed by atoms with van der Waals surface area (Å²) >= 11 is 2.63. The van der Waals surface area contributed by atoms with E-state index in [0.717, 1.165) is 5.92 Å². The maximum Gasteiger partial charge on any atom is 0.0741 e. The van der Waals surface area contributed by atoms with E-state index in [1.165, 1.54) is 19.3 Å². The molecule has 0 amide bonds. The van der Waals surface area contributed by atoms with Gasteiger partial charge in [-0.15, -0.1) is 0 Å². The molecule has 2 nitrogen and oxygen atoms in total. The van der Waals surface area contributed by atoms with Crippen LogP contribution in [0, 0.1) is 5.92 Å². The van der Waals surface area contributed by atoms with E-state index in [-0.39, 0.29) is 0 Å². The molecule has 0 N–H and O–H groups in total. The van der Waals surface area contributed by atoms with Crippen molar-refractivity contribution in [1.82, 2.24) is 4.90 Å². The summed E-state index contributed by atoms with van der Waals surface area (Å²) in [6.45, 7) is 4.56. The third kappa shape index (κ3) is 2.34. The molecule has 3 heteroatoms. The highest BCUT2D eigenvalue weighted by atomic mass is 127. The summed E-state index contributed by atoms with van der Waals surface area (Å²) in [5, 5.41) is 0. The van der Waals surface area contributed by atoms with Crippen molar-refractivity contribution in [2.24, 2.45) is 5.92 Å². The van der Waals surface area contributed by atoms with Crippen molar-refractivity contribution in [2.45, 2.75) is 54.8 Å². The van der Waals surface area contributed by atoms with Crippen LogP contribution in [0.3, 0.4) is 0 Å². The topological polar surface area (TPSA) is 12.5 Å². The smallest absolute Gasteiger partial charge is 0.0741 e. The van der Waals surface area contributed by atoms with Crippen molar-refractivity contribution in [3.63, 3.8) is 0 Å². The van der Waals surface area contributed by atoms with Crippen molar-refractivity contribution in [2.75, 3.05) is 14.1 Å². The van der Waals surface area contributed by atoms with E-state index in [1.807, 2.05) is 0 Å². The van der Waals surface area contributed by atoms with Crippen LogP contribution in [0.15, 0.2) is 0 Å². The lowest BCUT2D eigenvalue weighted by Gasteiger charge is -2.39. The van der Waals surface area contributed by atoms with E-state index in [4.69, 9.17) is 4.74 Å². The second-order valence-corrected chi connectivity index (χ2v) is 7.56. The quantitative estimate of drug-likeness (QED) is 0.572. The molecule has 1 heterocycles. The van der Waals surface area contributed by atoms with Crippen molar-refractivity contribution in [1.29, 1.82) is 0 Å². The zero-order valence-corrected chi connectivity index (χ0v) is 12.3. The first-order chi connectivity index (χ1) is 6.93. The molecular weight excluding hydrogens is 301 g/mol. The highest BCUT2D eigenvalue weighted by Gasteiger charge is 2.56. The fraction of sp³-hybridized carbons (Fsp3) is 1.00. The van der Waals surface area contributed by atoms with Crippen LogP contribution < -0.4 is 0 Å². The number of hydrogen-bond acceptors (Lipinski definition) is 2. The molecule has 0 radical (unpaired) electrons. The summed E-state index contributed by atoms with van der Waals surface area (Å²) in [7, 11) is 4.38. The summed E-state index contributed by atoms with van der Waals surface area (Å²) in [6.07, 6.45) is 4.64. The van der Waals surface area contributed by atoms with Crippen LogP contribution in [0.25, 0.3) is 0 Å². The summed E-state index contributed by atoms with van der Waals surface area (Å²) < 4.78 is 6.58. The Labute approximate surface area is 107 Å². The average Bonchev–Trinajstić information content (AvgIpc) is 2.75. The van der Waals surface area contributed by atoms with Gasteiger partial charge in [-0.25, -0.2) is 0 Å². The summed E-state index contributed by atoms with van der Waals surface area (Å²) in [5.41, 5.74) is 0. The molecule has 2 unspecified atom stereocenters. The molecule has 1 aliphatic heterocycles. The zero-order valence-electron chi connectivity index (χ0n) is 10.2. The standard InChI is InChI=1S/C12H22INO/c1-8-7-12(8,13)11-6-10(14(3)4)5-9(2)15-11/h8-11H,5-7H2,1-4H3/t8?,9-,10+,11-,12?/m1/s1. The highest BCUT2D eigenvalue weighted by molar-refractivity contribution is 14.1. The van der Waals surface area contributed by atoms with Crippen LogP contribution in [0.2, 0.25) is 0 Å². The van der Waals surface area contributed by atoms with E-state index in [1.54, 1.807) is 0 Å². The Kier molecular flexibility index (Phi) is 3.35. The highest BCUT2D eigenvalue weighted by Crippen LogP contribution is 2.56. The van der Waals surface area contributed by atoms with Crippen molar-refractivity contribution in [3.8, 4) is 0 Å². The van der Waals surface area contributed by atoms with Gasteiger partial charge in [0.25, 0.3) is 0 Å². The average molecular weight is 323 g/mol.